The zero-order valence-electron chi connectivity index (χ0n) is 24.1. The van der Waals surface area contributed by atoms with Crippen LogP contribution < -0.4 is 0 Å². The Morgan fingerprint density at radius 2 is 1.24 bits per heavy atom. The second kappa shape index (κ2) is 14.9. The van der Waals surface area contributed by atoms with Crippen LogP contribution in [0, 0.1) is 5.92 Å². The number of hydrogen-bond acceptors (Lipinski definition) is 10. The highest BCUT2D eigenvalue weighted by Gasteiger charge is 2.47. The molecule has 2 fully saturated rings. The number of rotatable bonds is 6. The van der Waals surface area contributed by atoms with Crippen molar-refractivity contribution in [3.8, 4) is 0 Å². The third-order valence-corrected chi connectivity index (χ3v) is 6.96. The first-order valence-electron chi connectivity index (χ1n) is 12.6. The van der Waals surface area contributed by atoms with E-state index in [0.717, 1.165) is 6.42 Å². The first-order chi connectivity index (χ1) is 16.5. The lowest BCUT2D eigenvalue weighted by Crippen LogP contribution is -2.58. The Morgan fingerprint density at radius 3 is 1.62 bits per heavy atom. The molecular formula is C23H49ClO10Si3. The molecule has 37 heavy (non-hydrogen) atoms. The van der Waals surface area contributed by atoms with Crippen molar-refractivity contribution in [1.29, 1.82) is 0 Å². The molecule has 10 nitrogen and oxygen atoms in total. The molecule has 0 aromatic carbocycles. The molecular weight excluding hydrogens is 556 g/mol. The molecule has 2 rings (SSSR count). The summed E-state index contributed by atoms with van der Waals surface area (Å²) in [4.78, 5) is 23.0. The summed E-state index contributed by atoms with van der Waals surface area (Å²) in [6.45, 7) is 22.5. The van der Waals surface area contributed by atoms with Crippen LogP contribution in [0.4, 0.5) is 0 Å². The Morgan fingerprint density at radius 1 is 0.811 bits per heavy atom. The van der Waals surface area contributed by atoms with Crippen LogP contribution >= 0.6 is 11.1 Å². The molecule has 0 aromatic heterocycles. The van der Waals surface area contributed by atoms with Gasteiger partial charge in [-0.1, -0.05) is 33.5 Å². The van der Waals surface area contributed by atoms with E-state index in [1.807, 2.05) is 6.92 Å². The summed E-state index contributed by atoms with van der Waals surface area (Å²) in [5, 5.41) is 35.5. The third-order valence-electron chi connectivity index (χ3n) is 5.02. The molecule has 2 aliphatic rings. The normalized spacial score (nSPS) is 32.8. The molecule has 0 aliphatic carbocycles. The highest BCUT2D eigenvalue weighted by atomic mass is 35.6. The minimum absolute atomic E-state index is 0.0645. The van der Waals surface area contributed by atoms with E-state index in [0.29, 0.717) is 0 Å². The van der Waals surface area contributed by atoms with Crippen LogP contribution in [0.2, 0.25) is 58.9 Å². The van der Waals surface area contributed by atoms with Gasteiger partial charge >= 0.3 is 11.9 Å². The van der Waals surface area contributed by atoms with E-state index in [1.54, 1.807) is 0 Å². The Bertz CT molecular complexity index is 715. The van der Waals surface area contributed by atoms with Crippen LogP contribution in [0.1, 0.15) is 20.3 Å². The summed E-state index contributed by atoms with van der Waals surface area (Å²) in [5.74, 6) is -1.11. The standard InChI is InChI=1S/C14H30O4Si2.C6H10O6.C3H9ClSi/c1-9-11-10(2)12(17-19(3,4)5)13(14(15)16-11)18-20(6,7)8;7-1-2-3(8)4(9)5(10)6(11)12-2;1-5(2,3)4/h10-13H,9H2,1-8H3;2-5,7-10H,1H2;1-3H3/t10-,11-,12+,13-;2-,3-,4+,5-;/m11./s1. The maximum Gasteiger partial charge on any atom is 0.338 e. The van der Waals surface area contributed by atoms with Crippen LogP contribution in [0.5, 0.6) is 0 Å². The van der Waals surface area contributed by atoms with Crippen LogP contribution in [-0.4, -0.2) is 106 Å². The van der Waals surface area contributed by atoms with Crippen molar-refractivity contribution in [2.75, 3.05) is 6.61 Å². The van der Waals surface area contributed by atoms with Crippen molar-refractivity contribution in [2.45, 2.75) is 122 Å². The monoisotopic (exact) mass is 604 g/mol. The van der Waals surface area contributed by atoms with Gasteiger partial charge in [0.1, 0.15) is 25.7 Å². The minimum Gasteiger partial charge on any atom is -0.460 e. The molecule has 14 heteroatoms. The predicted octanol–water partition coefficient (Wildman–Crippen LogP) is 2.45. The van der Waals surface area contributed by atoms with E-state index >= 15 is 0 Å². The zero-order chi connectivity index (χ0) is 29.5. The smallest absolute Gasteiger partial charge is 0.338 e. The Labute approximate surface area is 229 Å². The lowest BCUT2D eigenvalue weighted by Gasteiger charge is -2.44. The van der Waals surface area contributed by atoms with Crippen molar-refractivity contribution in [1.82, 2.24) is 0 Å². The number of aliphatic hydroxyl groups excluding tert-OH is 4. The van der Waals surface area contributed by atoms with Gasteiger partial charge in [0.15, 0.2) is 34.9 Å². The molecule has 0 amide bonds. The summed E-state index contributed by atoms with van der Waals surface area (Å²) < 4.78 is 22.3. The number of aliphatic hydroxyl groups is 4. The van der Waals surface area contributed by atoms with E-state index in [-0.39, 0.29) is 24.1 Å². The molecule has 0 aromatic rings. The first kappa shape index (κ1) is 36.6. The summed E-state index contributed by atoms with van der Waals surface area (Å²) >= 11 is 5.67. The van der Waals surface area contributed by atoms with Gasteiger partial charge in [-0.15, -0.1) is 0 Å². The lowest BCUT2D eigenvalue weighted by molar-refractivity contribution is -0.206. The zero-order valence-corrected chi connectivity index (χ0v) is 27.9. The molecule has 2 heterocycles. The van der Waals surface area contributed by atoms with Crippen molar-refractivity contribution in [3.63, 3.8) is 0 Å². The van der Waals surface area contributed by atoms with Gasteiger partial charge in [-0.25, -0.2) is 9.59 Å². The Kier molecular flexibility index (Phi) is 14.7. The Balaban J connectivity index is 0.000000641. The summed E-state index contributed by atoms with van der Waals surface area (Å²) in [6, 6.07) is 0. The highest BCUT2D eigenvalue weighted by molar-refractivity contribution is 7.18. The number of carbonyl (C=O) groups is 2. The molecule has 0 radical (unpaired) electrons. The number of cyclic esters (lactones) is 2. The second-order valence-electron chi connectivity index (χ2n) is 12.2. The lowest BCUT2D eigenvalue weighted by atomic mass is 9.90. The minimum atomic E-state index is -1.83. The average Bonchev–Trinajstić information content (AvgIpc) is 2.71. The van der Waals surface area contributed by atoms with E-state index in [2.05, 4.69) is 70.6 Å². The molecule has 220 valence electrons. The van der Waals surface area contributed by atoms with Crippen molar-refractivity contribution in [3.05, 3.63) is 0 Å². The van der Waals surface area contributed by atoms with Gasteiger partial charge in [0.25, 0.3) is 0 Å². The van der Waals surface area contributed by atoms with E-state index in [4.69, 9.17) is 45.1 Å². The number of esters is 2. The number of halogens is 1. The summed E-state index contributed by atoms with van der Waals surface area (Å²) in [5.41, 5.74) is 0. The van der Waals surface area contributed by atoms with Gasteiger partial charge < -0.3 is 38.8 Å². The van der Waals surface area contributed by atoms with Gasteiger partial charge in [0, 0.05) is 5.92 Å². The fraction of sp³-hybridized carbons (Fsp3) is 0.913. The number of carbonyl (C=O) groups excluding carboxylic acids is 2. The molecule has 4 N–H and O–H groups in total. The van der Waals surface area contributed by atoms with Crippen LogP contribution in [0.15, 0.2) is 0 Å². The van der Waals surface area contributed by atoms with Crippen molar-refractivity contribution < 1.29 is 48.3 Å². The fourth-order valence-electron chi connectivity index (χ4n) is 3.45. The molecule has 0 spiro atoms. The van der Waals surface area contributed by atoms with E-state index < -0.39 is 67.1 Å². The first-order valence-corrected chi connectivity index (χ1v) is 24.0. The summed E-state index contributed by atoms with van der Waals surface area (Å²) in [6.07, 6.45) is -5.92. The van der Waals surface area contributed by atoms with Gasteiger partial charge in [-0.2, -0.15) is 11.1 Å². The molecule has 0 bridgehead atoms. The van der Waals surface area contributed by atoms with Crippen LogP contribution in [0.25, 0.3) is 0 Å². The number of ether oxygens (including phenoxy) is 2. The number of hydrogen-bond donors (Lipinski definition) is 4. The van der Waals surface area contributed by atoms with Crippen LogP contribution in [0.3, 0.4) is 0 Å². The van der Waals surface area contributed by atoms with E-state index in [1.165, 1.54) is 0 Å². The largest absolute Gasteiger partial charge is 0.460 e. The maximum atomic E-state index is 12.3. The molecule has 8 atom stereocenters. The highest BCUT2D eigenvalue weighted by Crippen LogP contribution is 2.32. The summed E-state index contributed by atoms with van der Waals surface area (Å²) in [7, 11) is -4.72. The second-order valence-corrected chi connectivity index (χ2v) is 28.7. The van der Waals surface area contributed by atoms with Crippen LogP contribution in [-0.2, 0) is 27.9 Å². The van der Waals surface area contributed by atoms with Gasteiger partial charge in [0.2, 0.25) is 0 Å². The van der Waals surface area contributed by atoms with E-state index in [9.17, 15) is 9.59 Å². The van der Waals surface area contributed by atoms with Crippen molar-refractivity contribution in [2.24, 2.45) is 5.92 Å². The topological polar surface area (TPSA) is 152 Å². The van der Waals surface area contributed by atoms with Crippen molar-refractivity contribution >= 4 is 47.0 Å². The Hall–Kier alpha value is -0.359. The van der Waals surface area contributed by atoms with Gasteiger partial charge in [-0.05, 0) is 45.7 Å². The van der Waals surface area contributed by atoms with Gasteiger partial charge in [0.05, 0.1) is 12.7 Å². The molecule has 2 aliphatic heterocycles. The SMILES string of the molecule is CC[C@H]1OC(=O)[C@H](O[Si](C)(C)C)[C@@H](O[Si](C)(C)C)[C@@H]1C.C[Si](C)(C)Cl.O=C1O[C@H](CO)[C@@H](O)[C@H](O)[C@H]1O. The fourth-order valence-corrected chi connectivity index (χ4v) is 5.60. The molecule has 0 saturated carbocycles. The quantitative estimate of drug-likeness (QED) is 0.202. The molecule has 0 unspecified atom stereocenters. The van der Waals surface area contributed by atoms with Gasteiger partial charge in [-0.3, -0.25) is 0 Å². The molecule has 2 saturated heterocycles. The predicted molar refractivity (Wildman–Crippen MR) is 150 cm³/mol. The maximum absolute atomic E-state index is 12.3. The third kappa shape index (κ3) is 14.0. The average molecular weight is 605 g/mol.